The van der Waals surface area contributed by atoms with Crippen LogP contribution in [0.1, 0.15) is 26.3 Å². The van der Waals surface area contributed by atoms with Crippen LogP contribution in [-0.2, 0) is 6.42 Å². The smallest absolute Gasteiger partial charge is 0.389 e. The molecule has 1 aliphatic rings. The Morgan fingerprint density at radius 3 is 2.12 bits per heavy atom. The molecule has 0 fully saturated rings. The summed E-state index contributed by atoms with van der Waals surface area (Å²) in [6, 6.07) is 14.7. The number of aliphatic hydroxyl groups excluding tert-OH is 1. The van der Waals surface area contributed by atoms with Gasteiger partial charge in [0.15, 0.2) is 4.98 Å². The summed E-state index contributed by atoms with van der Waals surface area (Å²) in [7, 11) is 0. The number of imide groups is 1. The molecule has 0 spiro atoms. The predicted octanol–water partition coefficient (Wildman–Crippen LogP) is 3.15. The third-order valence-corrected chi connectivity index (χ3v) is 3.94. The molecule has 0 aromatic heterocycles. The molecule has 1 N–H and O–H groups in total. The van der Waals surface area contributed by atoms with Gasteiger partial charge < -0.3 is 5.11 Å². The summed E-state index contributed by atoms with van der Waals surface area (Å²) in [5, 5.41) is 18.9. The molecule has 0 radical (unpaired) electrons. The van der Waals surface area contributed by atoms with Gasteiger partial charge in [-0.3, -0.25) is 14.5 Å². The zero-order chi connectivity index (χ0) is 17.1. The summed E-state index contributed by atoms with van der Waals surface area (Å²) in [5.74, 6) is -1.32. The molecule has 3 rings (SSSR count). The monoisotopic (exact) mass is 320 g/mol. The lowest BCUT2D eigenvalue weighted by Crippen LogP contribution is -2.42. The van der Waals surface area contributed by atoms with Crippen molar-refractivity contribution in [3.05, 3.63) is 88.2 Å². The van der Waals surface area contributed by atoms with Crippen LogP contribution in [-0.4, -0.2) is 27.9 Å². The first-order valence-electron chi connectivity index (χ1n) is 7.37. The average molecular weight is 320 g/mol. The standard InChI is InChI=1S/C18H13N3O3/c19-20-11-16(22)15(10-12-6-2-1-3-7-12)21-17(23)13-8-4-5-9-14(13)18(21)24/h1-9,11,15H,10H2/p+1/t15-/m0/s1. The Balaban J connectivity index is 2.01. The molecule has 24 heavy (non-hydrogen) atoms. The first-order valence-corrected chi connectivity index (χ1v) is 7.37. The van der Waals surface area contributed by atoms with E-state index in [-0.39, 0.29) is 12.2 Å². The number of nitrogens with zero attached hydrogens (tertiary/aromatic N) is 3. The maximum absolute atomic E-state index is 12.6. The fourth-order valence-electron chi connectivity index (χ4n) is 2.80. The average Bonchev–Trinajstić information content (AvgIpc) is 2.86. The van der Waals surface area contributed by atoms with Gasteiger partial charge in [-0.2, -0.15) is 0 Å². The van der Waals surface area contributed by atoms with Gasteiger partial charge >= 0.3 is 6.20 Å². The molecule has 0 unspecified atom stereocenters. The molecule has 2 aromatic carbocycles. The van der Waals surface area contributed by atoms with E-state index in [1.54, 1.807) is 24.3 Å². The van der Waals surface area contributed by atoms with Crippen molar-refractivity contribution in [1.29, 1.82) is 5.39 Å². The summed E-state index contributed by atoms with van der Waals surface area (Å²) in [6.07, 6.45) is 1.04. The van der Waals surface area contributed by atoms with Crippen molar-refractivity contribution in [2.45, 2.75) is 12.5 Å². The van der Waals surface area contributed by atoms with Crippen molar-refractivity contribution >= 4 is 11.8 Å². The number of carbonyl (C=O) groups excluding carboxylic acids is 2. The largest absolute Gasteiger partial charge is 0.504 e. The van der Waals surface area contributed by atoms with Crippen LogP contribution < -0.4 is 0 Å². The number of aliphatic hydroxyl groups is 1. The first kappa shape index (κ1) is 15.4. The van der Waals surface area contributed by atoms with E-state index in [0.717, 1.165) is 16.7 Å². The predicted molar refractivity (Wildman–Crippen MR) is 86.7 cm³/mol. The lowest BCUT2D eigenvalue weighted by atomic mass is 10.0. The zero-order valence-electron chi connectivity index (χ0n) is 12.7. The van der Waals surface area contributed by atoms with Gasteiger partial charge in [0.05, 0.1) is 11.1 Å². The van der Waals surface area contributed by atoms with Crippen molar-refractivity contribution in [3.8, 4) is 0 Å². The van der Waals surface area contributed by atoms with E-state index in [4.69, 9.17) is 5.39 Å². The van der Waals surface area contributed by atoms with Crippen LogP contribution in [0.2, 0.25) is 0 Å². The zero-order valence-corrected chi connectivity index (χ0v) is 12.7. The summed E-state index contributed by atoms with van der Waals surface area (Å²) < 4.78 is 0. The maximum Gasteiger partial charge on any atom is 0.389 e. The van der Waals surface area contributed by atoms with Gasteiger partial charge in [0.25, 0.3) is 11.8 Å². The molecule has 6 heteroatoms. The van der Waals surface area contributed by atoms with Crippen LogP contribution in [0.25, 0.3) is 4.98 Å². The van der Waals surface area contributed by atoms with Crippen molar-refractivity contribution in [1.82, 2.24) is 4.90 Å². The molecule has 118 valence electrons. The van der Waals surface area contributed by atoms with E-state index >= 15 is 0 Å². The Kier molecular flexibility index (Phi) is 4.08. The number of diazo groups is 1. The maximum atomic E-state index is 12.6. The number of rotatable bonds is 4. The molecular weight excluding hydrogens is 306 g/mol. The third-order valence-electron chi connectivity index (χ3n) is 3.94. The summed E-state index contributed by atoms with van der Waals surface area (Å²) in [6.45, 7) is 0. The summed E-state index contributed by atoms with van der Waals surface area (Å²) in [5.41, 5.74) is 1.43. The summed E-state index contributed by atoms with van der Waals surface area (Å²) >= 11 is 0. The molecule has 1 aliphatic heterocycles. The van der Waals surface area contributed by atoms with Gasteiger partial charge in [-0.1, -0.05) is 42.5 Å². The highest BCUT2D eigenvalue weighted by Gasteiger charge is 2.42. The van der Waals surface area contributed by atoms with Crippen LogP contribution >= 0.6 is 0 Å². The van der Waals surface area contributed by atoms with Gasteiger partial charge in [0, 0.05) is 6.42 Å². The van der Waals surface area contributed by atoms with Crippen molar-refractivity contribution < 1.29 is 14.7 Å². The van der Waals surface area contributed by atoms with Gasteiger partial charge in [0.2, 0.25) is 11.2 Å². The number of carbonyl (C=O) groups is 2. The quantitative estimate of drug-likeness (QED) is 0.533. The van der Waals surface area contributed by atoms with Gasteiger partial charge in [-0.25, -0.2) is 0 Å². The minimum Gasteiger partial charge on any atom is -0.504 e. The Morgan fingerprint density at radius 2 is 1.58 bits per heavy atom. The van der Waals surface area contributed by atoms with E-state index in [0.29, 0.717) is 11.1 Å². The molecule has 2 amide bonds. The molecule has 2 aromatic rings. The van der Waals surface area contributed by atoms with Crippen molar-refractivity contribution in [2.24, 2.45) is 0 Å². The minimum atomic E-state index is -0.948. The van der Waals surface area contributed by atoms with E-state index in [2.05, 4.69) is 4.98 Å². The Morgan fingerprint density at radius 1 is 1.04 bits per heavy atom. The number of hydrogen-bond donors (Lipinski definition) is 1. The molecule has 0 saturated heterocycles. The lowest BCUT2D eigenvalue weighted by Gasteiger charge is -2.24. The number of benzene rings is 2. The highest BCUT2D eigenvalue weighted by Crippen LogP contribution is 2.28. The van der Waals surface area contributed by atoms with Crippen LogP contribution in [0, 0.1) is 5.39 Å². The highest BCUT2D eigenvalue weighted by molar-refractivity contribution is 6.21. The first-order chi connectivity index (χ1) is 11.6. The van der Waals surface area contributed by atoms with E-state index < -0.39 is 17.9 Å². The number of amides is 2. The third kappa shape index (κ3) is 2.63. The number of hydrogen-bond acceptors (Lipinski definition) is 4. The van der Waals surface area contributed by atoms with Crippen LogP contribution in [0.15, 0.2) is 66.6 Å². The Bertz CT molecular complexity index is 834. The van der Waals surface area contributed by atoms with Crippen LogP contribution in [0.3, 0.4) is 0 Å². The lowest BCUT2D eigenvalue weighted by molar-refractivity contribution is 0.0575. The van der Waals surface area contributed by atoms with Gasteiger partial charge in [-0.15, -0.1) is 0 Å². The minimum absolute atomic E-state index is 0.212. The molecule has 0 aliphatic carbocycles. The molecule has 1 atom stereocenters. The molecule has 6 nitrogen and oxygen atoms in total. The fourth-order valence-corrected chi connectivity index (χ4v) is 2.80. The molecule has 1 heterocycles. The Hall–Kier alpha value is -3.46. The van der Waals surface area contributed by atoms with E-state index in [1.165, 1.54) is 0 Å². The fraction of sp³-hybridized carbons (Fsp3) is 0.111. The topological polar surface area (TPSA) is 85.8 Å². The second-order valence-electron chi connectivity index (χ2n) is 5.40. The number of fused-ring (bicyclic) bond motifs is 1. The molecule has 0 saturated carbocycles. The SMILES string of the molecule is N#[N+]C=C(O)[C@H](Cc1ccccc1)N1C(=O)c2ccccc2C1=O. The van der Waals surface area contributed by atoms with E-state index in [1.807, 2.05) is 30.3 Å². The van der Waals surface area contributed by atoms with Gasteiger partial charge in [-0.05, 0) is 17.7 Å². The second-order valence-corrected chi connectivity index (χ2v) is 5.40. The van der Waals surface area contributed by atoms with Crippen molar-refractivity contribution in [3.63, 3.8) is 0 Å². The van der Waals surface area contributed by atoms with Crippen molar-refractivity contribution in [2.75, 3.05) is 0 Å². The normalized spacial score (nSPS) is 15.1. The Labute approximate surface area is 138 Å². The van der Waals surface area contributed by atoms with E-state index in [9.17, 15) is 14.7 Å². The highest BCUT2D eigenvalue weighted by atomic mass is 16.3. The van der Waals surface area contributed by atoms with Gasteiger partial charge in [0.1, 0.15) is 6.04 Å². The second kappa shape index (κ2) is 6.34. The summed E-state index contributed by atoms with van der Waals surface area (Å²) in [4.78, 5) is 29.1. The molecule has 0 bridgehead atoms. The molecular formula is C18H14N3O3+. The van der Waals surface area contributed by atoms with Crippen LogP contribution in [0.4, 0.5) is 0 Å². The van der Waals surface area contributed by atoms with Crippen LogP contribution in [0.5, 0.6) is 0 Å².